The molecule has 0 aromatic heterocycles. The molecular formula is C33H39FO4. The first kappa shape index (κ1) is 29.0. The van der Waals surface area contributed by atoms with E-state index >= 15 is 0 Å². The minimum absolute atomic E-state index is 0.0479. The van der Waals surface area contributed by atoms with Crippen molar-refractivity contribution >= 4 is 5.97 Å². The average Bonchev–Trinajstić information content (AvgIpc) is 2.90. The Morgan fingerprint density at radius 1 is 0.947 bits per heavy atom. The summed E-state index contributed by atoms with van der Waals surface area (Å²) in [4.78, 5) is 12.1. The Hall–Kier alpha value is -3.60. The summed E-state index contributed by atoms with van der Waals surface area (Å²) in [7, 11) is 1.58. The van der Waals surface area contributed by atoms with Gasteiger partial charge in [-0.15, -0.1) is 0 Å². The summed E-state index contributed by atoms with van der Waals surface area (Å²) in [5.74, 6) is 0.781. The fraction of sp³-hybridized carbons (Fsp3) is 0.364. The molecule has 0 radical (unpaired) electrons. The minimum Gasteiger partial charge on any atom is -0.497 e. The van der Waals surface area contributed by atoms with Crippen LogP contribution in [0.15, 0.2) is 72.8 Å². The Balaban J connectivity index is 1.82. The van der Waals surface area contributed by atoms with Crippen LogP contribution in [0, 0.1) is 5.82 Å². The smallest absolute Gasteiger partial charge is 0.306 e. The van der Waals surface area contributed by atoms with E-state index in [9.17, 15) is 9.18 Å². The number of rotatable bonds is 11. The van der Waals surface area contributed by atoms with Crippen molar-refractivity contribution in [3.63, 3.8) is 0 Å². The Labute approximate surface area is 226 Å². The first-order valence-electron chi connectivity index (χ1n) is 13.2. The fourth-order valence-electron chi connectivity index (χ4n) is 4.37. The second-order valence-electron chi connectivity index (χ2n) is 10.3. The van der Waals surface area contributed by atoms with Crippen LogP contribution in [0.25, 0.3) is 11.1 Å². The molecule has 4 nitrogen and oxygen atoms in total. The van der Waals surface area contributed by atoms with Crippen LogP contribution in [0.4, 0.5) is 4.39 Å². The van der Waals surface area contributed by atoms with Gasteiger partial charge in [-0.25, -0.2) is 4.39 Å². The zero-order chi connectivity index (χ0) is 27.7. The van der Waals surface area contributed by atoms with E-state index in [4.69, 9.17) is 14.2 Å². The van der Waals surface area contributed by atoms with Gasteiger partial charge in [-0.2, -0.15) is 0 Å². The van der Waals surface area contributed by atoms with E-state index in [1.165, 1.54) is 6.07 Å². The van der Waals surface area contributed by atoms with Gasteiger partial charge in [0.15, 0.2) is 0 Å². The van der Waals surface area contributed by atoms with Crippen molar-refractivity contribution in [1.29, 1.82) is 0 Å². The molecule has 202 valence electrons. The van der Waals surface area contributed by atoms with E-state index < -0.39 is 0 Å². The summed E-state index contributed by atoms with van der Waals surface area (Å²) in [6.07, 6.45) is 5.32. The number of methoxy groups -OCH3 is 1. The molecule has 3 aromatic carbocycles. The molecular weight excluding hydrogens is 479 g/mol. The summed E-state index contributed by atoms with van der Waals surface area (Å²) in [5.41, 5.74) is 4.17. The van der Waals surface area contributed by atoms with Gasteiger partial charge in [0, 0.05) is 11.5 Å². The quantitative estimate of drug-likeness (QED) is 0.189. The van der Waals surface area contributed by atoms with Crippen LogP contribution >= 0.6 is 0 Å². The molecule has 0 aliphatic heterocycles. The molecule has 3 rings (SSSR count). The van der Waals surface area contributed by atoms with Gasteiger partial charge >= 0.3 is 5.97 Å². The molecule has 0 saturated carbocycles. The van der Waals surface area contributed by atoms with Crippen LogP contribution in [0.3, 0.4) is 0 Å². The highest BCUT2D eigenvalue weighted by atomic mass is 19.1. The first-order valence-corrected chi connectivity index (χ1v) is 13.2. The van der Waals surface area contributed by atoms with E-state index in [0.29, 0.717) is 30.9 Å². The second-order valence-corrected chi connectivity index (χ2v) is 10.3. The van der Waals surface area contributed by atoms with Crippen LogP contribution in [0.1, 0.15) is 70.1 Å². The fourth-order valence-corrected chi connectivity index (χ4v) is 4.37. The van der Waals surface area contributed by atoms with Gasteiger partial charge in [0.2, 0.25) is 0 Å². The largest absolute Gasteiger partial charge is 0.497 e. The van der Waals surface area contributed by atoms with Crippen LogP contribution in [0.2, 0.25) is 0 Å². The SMILES string of the molecule is CC/C=C/[C@H](CC(=O)OCC)c1ccc(OCc2ccc(C(C)(C)C)c(-c3cc(OC)ccc3F)c2)cc1. The van der Waals surface area contributed by atoms with Gasteiger partial charge in [0.25, 0.3) is 0 Å². The number of carbonyl (C=O) groups excluding carboxylic acids is 1. The van der Waals surface area contributed by atoms with Crippen molar-refractivity contribution in [3.8, 4) is 22.6 Å². The summed E-state index contributed by atoms with van der Waals surface area (Å²) in [6.45, 7) is 10.9. The van der Waals surface area contributed by atoms with Crippen LogP contribution < -0.4 is 9.47 Å². The molecule has 0 heterocycles. The maximum absolute atomic E-state index is 14.9. The maximum atomic E-state index is 14.9. The van der Waals surface area contributed by atoms with Gasteiger partial charge in [0.1, 0.15) is 23.9 Å². The number of benzene rings is 3. The molecule has 0 saturated heterocycles. The summed E-state index contributed by atoms with van der Waals surface area (Å²) in [5, 5.41) is 0. The van der Waals surface area contributed by atoms with E-state index in [1.807, 2.05) is 43.3 Å². The van der Waals surface area contributed by atoms with E-state index in [2.05, 4.69) is 45.9 Å². The molecule has 0 fully saturated rings. The monoisotopic (exact) mass is 518 g/mol. The lowest BCUT2D eigenvalue weighted by Crippen LogP contribution is -2.13. The summed E-state index contributed by atoms with van der Waals surface area (Å²) in [6, 6.07) is 18.7. The molecule has 0 aliphatic carbocycles. The minimum atomic E-state index is -0.292. The third kappa shape index (κ3) is 7.70. The van der Waals surface area contributed by atoms with Crippen molar-refractivity contribution < 1.29 is 23.4 Å². The normalized spacial score (nSPS) is 12.4. The summed E-state index contributed by atoms with van der Waals surface area (Å²) >= 11 is 0. The number of allylic oxidation sites excluding steroid dienone is 2. The van der Waals surface area contributed by atoms with Gasteiger partial charge < -0.3 is 14.2 Å². The van der Waals surface area contributed by atoms with Gasteiger partial charge in [0.05, 0.1) is 20.1 Å². The highest BCUT2D eigenvalue weighted by molar-refractivity contribution is 5.72. The predicted molar refractivity (Wildman–Crippen MR) is 151 cm³/mol. The zero-order valence-electron chi connectivity index (χ0n) is 23.3. The number of hydrogen-bond donors (Lipinski definition) is 0. The third-order valence-corrected chi connectivity index (χ3v) is 6.37. The second kappa shape index (κ2) is 13.3. The lowest BCUT2D eigenvalue weighted by Gasteiger charge is -2.24. The molecule has 38 heavy (non-hydrogen) atoms. The van der Waals surface area contributed by atoms with Gasteiger partial charge in [-0.3, -0.25) is 4.79 Å². The Morgan fingerprint density at radius 3 is 2.29 bits per heavy atom. The lowest BCUT2D eigenvalue weighted by molar-refractivity contribution is -0.143. The van der Waals surface area contributed by atoms with Crippen LogP contribution in [-0.2, 0) is 21.6 Å². The average molecular weight is 519 g/mol. The molecule has 5 heteroatoms. The van der Waals surface area contributed by atoms with Crippen molar-refractivity contribution in [2.45, 2.75) is 65.4 Å². The molecule has 0 amide bonds. The first-order chi connectivity index (χ1) is 18.2. The highest BCUT2D eigenvalue weighted by Crippen LogP contribution is 2.37. The number of halogens is 1. The Bertz CT molecular complexity index is 1240. The molecule has 0 spiro atoms. The lowest BCUT2D eigenvalue weighted by atomic mass is 9.81. The number of carbonyl (C=O) groups is 1. The maximum Gasteiger partial charge on any atom is 0.306 e. The number of esters is 1. The van der Waals surface area contributed by atoms with E-state index in [1.54, 1.807) is 19.2 Å². The van der Waals surface area contributed by atoms with Crippen molar-refractivity contribution in [2.24, 2.45) is 0 Å². The predicted octanol–water partition coefficient (Wildman–Crippen LogP) is 8.38. The number of hydrogen-bond acceptors (Lipinski definition) is 4. The van der Waals surface area contributed by atoms with Crippen molar-refractivity contribution in [1.82, 2.24) is 0 Å². The van der Waals surface area contributed by atoms with Crippen molar-refractivity contribution in [2.75, 3.05) is 13.7 Å². The van der Waals surface area contributed by atoms with Crippen LogP contribution in [0.5, 0.6) is 11.5 Å². The standard InChI is InChI=1S/C33H39FO4/c1-7-9-10-25(20-32(35)37-8-2)24-12-14-26(15-13-24)38-22-23-11-17-30(33(3,4)5)28(19-23)29-21-27(36-6)16-18-31(29)34/h9-19,21,25H,7-8,20,22H2,1-6H3/b10-9+/t25-/m1/s1. The van der Waals surface area contributed by atoms with E-state index in [0.717, 1.165) is 34.4 Å². The summed E-state index contributed by atoms with van der Waals surface area (Å²) < 4.78 is 31.5. The van der Waals surface area contributed by atoms with Gasteiger partial charge in [-0.1, -0.05) is 64.1 Å². The van der Waals surface area contributed by atoms with Gasteiger partial charge in [-0.05, 0) is 77.4 Å². The zero-order valence-corrected chi connectivity index (χ0v) is 23.3. The molecule has 3 aromatic rings. The highest BCUT2D eigenvalue weighted by Gasteiger charge is 2.21. The molecule has 0 bridgehead atoms. The molecule has 1 atom stereocenters. The van der Waals surface area contributed by atoms with Crippen molar-refractivity contribution in [3.05, 3.63) is 95.3 Å². The topological polar surface area (TPSA) is 44.8 Å². The third-order valence-electron chi connectivity index (χ3n) is 6.37. The molecule has 0 aliphatic rings. The Morgan fingerprint density at radius 2 is 1.66 bits per heavy atom. The molecule has 0 N–H and O–H groups in total. The Kier molecular flexibility index (Phi) is 10.1. The number of ether oxygens (including phenoxy) is 3. The van der Waals surface area contributed by atoms with E-state index in [-0.39, 0.29) is 23.1 Å². The molecule has 0 unspecified atom stereocenters. The van der Waals surface area contributed by atoms with Crippen LogP contribution in [-0.4, -0.2) is 19.7 Å².